The minimum absolute atomic E-state index is 0.0518. The summed E-state index contributed by atoms with van der Waals surface area (Å²) in [6.07, 6.45) is 3.61. The molecule has 1 aromatic heterocycles. The molecule has 3 aromatic rings. The molecular formula is C20H21F2N5. The zero-order valence-electron chi connectivity index (χ0n) is 15.2. The second-order valence-corrected chi connectivity index (χ2v) is 6.07. The summed E-state index contributed by atoms with van der Waals surface area (Å²) in [5.41, 5.74) is 2.24. The Hall–Kier alpha value is -3.22. The first kappa shape index (κ1) is 18.6. The van der Waals surface area contributed by atoms with Crippen LogP contribution in [0.3, 0.4) is 0 Å². The normalized spacial score (nSPS) is 12.7. The number of benzene rings is 2. The summed E-state index contributed by atoms with van der Waals surface area (Å²) in [4.78, 5) is 4.15. The molecule has 0 fully saturated rings. The summed E-state index contributed by atoms with van der Waals surface area (Å²) in [5, 5.41) is 10.5. The van der Waals surface area contributed by atoms with E-state index in [1.807, 2.05) is 43.5 Å². The third-order valence-electron chi connectivity index (χ3n) is 4.17. The van der Waals surface area contributed by atoms with Gasteiger partial charge in [0.05, 0.1) is 11.7 Å². The average Bonchev–Trinajstić information content (AvgIpc) is 3.22. The molecule has 1 heterocycles. The lowest BCUT2D eigenvalue weighted by atomic mass is 10.1. The standard InChI is InChI=1S/C20H21F2N5/c1-14(15-5-3-6-18(12-15)27-10-4-9-25-27)26-20(23-2)24-13-16-11-17(21)7-8-19(16)22/h3-12,14H,13H2,1-2H3,(H2,23,24,26). The molecule has 0 aliphatic heterocycles. The van der Waals surface area contributed by atoms with Crippen LogP contribution in [-0.4, -0.2) is 22.8 Å². The fourth-order valence-corrected chi connectivity index (χ4v) is 2.70. The van der Waals surface area contributed by atoms with Crippen molar-refractivity contribution in [1.82, 2.24) is 20.4 Å². The molecule has 3 rings (SSSR count). The van der Waals surface area contributed by atoms with Crippen LogP contribution in [-0.2, 0) is 6.54 Å². The van der Waals surface area contributed by atoms with Crippen molar-refractivity contribution in [2.24, 2.45) is 4.99 Å². The number of hydrogen-bond acceptors (Lipinski definition) is 2. The number of hydrogen-bond donors (Lipinski definition) is 2. The Labute approximate surface area is 156 Å². The number of halogens is 2. The fraction of sp³-hybridized carbons (Fsp3) is 0.200. The predicted molar refractivity (Wildman–Crippen MR) is 102 cm³/mol. The molecule has 0 saturated heterocycles. The molecule has 0 spiro atoms. The monoisotopic (exact) mass is 369 g/mol. The summed E-state index contributed by atoms with van der Waals surface area (Å²) < 4.78 is 28.8. The predicted octanol–water partition coefficient (Wildman–Crippen LogP) is 3.58. The maximum atomic E-state index is 13.8. The number of rotatable bonds is 5. The van der Waals surface area contributed by atoms with Crippen LogP contribution in [0.2, 0.25) is 0 Å². The van der Waals surface area contributed by atoms with Crippen molar-refractivity contribution in [3.8, 4) is 5.69 Å². The lowest BCUT2D eigenvalue weighted by Crippen LogP contribution is -2.38. The topological polar surface area (TPSA) is 54.2 Å². The highest BCUT2D eigenvalue weighted by Crippen LogP contribution is 2.16. The van der Waals surface area contributed by atoms with E-state index in [2.05, 4.69) is 20.7 Å². The molecular weight excluding hydrogens is 348 g/mol. The maximum Gasteiger partial charge on any atom is 0.191 e. The lowest BCUT2D eigenvalue weighted by molar-refractivity contribution is 0.580. The molecule has 5 nitrogen and oxygen atoms in total. The van der Waals surface area contributed by atoms with Crippen LogP contribution in [0.15, 0.2) is 65.9 Å². The van der Waals surface area contributed by atoms with Crippen LogP contribution < -0.4 is 10.6 Å². The van der Waals surface area contributed by atoms with Gasteiger partial charge in [-0.05, 0) is 48.9 Å². The van der Waals surface area contributed by atoms with Crippen molar-refractivity contribution >= 4 is 5.96 Å². The van der Waals surface area contributed by atoms with Crippen molar-refractivity contribution < 1.29 is 8.78 Å². The van der Waals surface area contributed by atoms with Crippen LogP contribution in [0.1, 0.15) is 24.1 Å². The Morgan fingerprint density at radius 3 is 2.78 bits per heavy atom. The maximum absolute atomic E-state index is 13.8. The van der Waals surface area contributed by atoms with Gasteiger partial charge in [0.25, 0.3) is 0 Å². The average molecular weight is 369 g/mol. The molecule has 1 unspecified atom stereocenters. The molecule has 0 bridgehead atoms. The zero-order chi connectivity index (χ0) is 19.2. The van der Waals surface area contributed by atoms with E-state index in [9.17, 15) is 8.78 Å². The molecule has 2 aromatic carbocycles. The van der Waals surface area contributed by atoms with Gasteiger partial charge in [0, 0.05) is 31.5 Å². The summed E-state index contributed by atoms with van der Waals surface area (Å²) >= 11 is 0. The third-order valence-corrected chi connectivity index (χ3v) is 4.17. The number of aliphatic imine (C=N–C) groups is 1. The summed E-state index contributed by atoms with van der Waals surface area (Å²) in [7, 11) is 1.63. The van der Waals surface area contributed by atoms with E-state index in [4.69, 9.17) is 0 Å². The Morgan fingerprint density at radius 2 is 2.04 bits per heavy atom. The Morgan fingerprint density at radius 1 is 1.19 bits per heavy atom. The van der Waals surface area contributed by atoms with Gasteiger partial charge < -0.3 is 10.6 Å². The highest BCUT2D eigenvalue weighted by molar-refractivity contribution is 5.80. The summed E-state index contributed by atoms with van der Waals surface area (Å²) in [5.74, 6) is -0.435. The zero-order valence-corrected chi connectivity index (χ0v) is 15.2. The fourth-order valence-electron chi connectivity index (χ4n) is 2.70. The number of guanidine groups is 1. The Balaban J connectivity index is 1.66. The van der Waals surface area contributed by atoms with Gasteiger partial charge in [-0.3, -0.25) is 4.99 Å². The van der Waals surface area contributed by atoms with Crippen LogP contribution >= 0.6 is 0 Å². The Kier molecular flexibility index (Phi) is 5.80. The Bertz CT molecular complexity index is 922. The molecule has 0 radical (unpaired) electrons. The van der Waals surface area contributed by atoms with Gasteiger partial charge in [-0.15, -0.1) is 0 Å². The first-order chi connectivity index (χ1) is 13.1. The molecule has 2 N–H and O–H groups in total. The van der Waals surface area contributed by atoms with Gasteiger partial charge in [0.2, 0.25) is 0 Å². The second-order valence-electron chi connectivity index (χ2n) is 6.07. The molecule has 7 heteroatoms. The minimum atomic E-state index is -0.472. The number of nitrogens with zero attached hydrogens (tertiary/aromatic N) is 3. The van der Waals surface area contributed by atoms with Gasteiger partial charge in [0.1, 0.15) is 11.6 Å². The molecule has 0 aliphatic carbocycles. The third kappa shape index (κ3) is 4.69. The van der Waals surface area contributed by atoms with Crippen molar-refractivity contribution in [3.63, 3.8) is 0 Å². The van der Waals surface area contributed by atoms with E-state index < -0.39 is 11.6 Å². The molecule has 0 saturated carbocycles. The first-order valence-electron chi connectivity index (χ1n) is 8.58. The van der Waals surface area contributed by atoms with E-state index in [1.165, 1.54) is 6.07 Å². The largest absolute Gasteiger partial charge is 0.352 e. The lowest BCUT2D eigenvalue weighted by Gasteiger charge is -2.19. The summed E-state index contributed by atoms with van der Waals surface area (Å²) in [6, 6.07) is 13.2. The van der Waals surface area contributed by atoms with E-state index in [1.54, 1.807) is 17.9 Å². The molecule has 0 aliphatic rings. The van der Waals surface area contributed by atoms with E-state index >= 15 is 0 Å². The molecule has 140 valence electrons. The van der Waals surface area contributed by atoms with Crippen molar-refractivity contribution in [3.05, 3.63) is 83.7 Å². The molecule has 27 heavy (non-hydrogen) atoms. The number of aromatic nitrogens is 2. The SMILES string of the molecule is CN=C(NCc1cc(F)ccc1F)NC(C)c1cccc(-n2cccn2)c1. The van der Waals surface area contributed by atoms with Crippen molar-refractivity contribution in [2.75, 3.05) is 7.05 Å². The van der Waals surface area contributed by atoms with Gasteiger partial charge in [-0.1, -0.05) is 12.1 Å². The highest BCUT2D eigenvalue weighted by Gasteiger charge is 2.10. The van der Waals surface area contributed by atoms with Crippen LogP contribution in [0, 0.1) is 11.6 Å². The van der Waals surface area contributed by atoms with E-state index in [0.717, 1.165) is 23.4 Å². The van der Waals surface area contributed by atoms with Gasteiger partial charge in [-0.2, -0.15) is 5.10 Å². The van der Waals surface area contributed by atoms with Crippen molar-refractivity contribution in [2.45, 2.75) is 19.5 Å². The smallest absolute Gasteiger partial charge is 0.191 e. The van der Waals surface area contributed by atoms with Gasteiger partial charge in [-0.25, -0.2) is 13.5 Å². The van der Waals surface area contributed by atoms with Crippen LogP contribution in [0.4, 0.5) is 8.78 Å². The summed E-state index contributed by atoms with van der Waals surface area (Å²) in [6.45, 7) is 2.13. The van der Waals surface area contributed by atoms with Crippen LogP contribution in [0.5, 0.6) is 0 Å². The minimum Gasteiger partial charge on any atom is -0.352 e. The molecule has 1 atom stereocenters. The van der Waals surface area contributed by atoms with Crippen molar-refractivity contribution in [1.29, 1.82) is 0 Å². The second kappa shape index (κ2) is 8.44. The quantitative estimate of drug-likeness (QED) is 0.534. The van der Waals surface area contributed by atoms with Gasteiger partial charge >= 0.3 is 0 Å². The number of nitrogens with one attached hydrogen (secondary N) is 2. The van der Waals surface area contributed by atoms with Gasteiger partial charge in [0.15, 0.2) is 5.96 Å². The van der Waals surface area contributed by atoms with E-state index in [-0.39, 0.29) is 18.2 Å². The first-order valence-corrected chi connectivity index (χ1v) is 8.58. The highest BCUT2D eigenvalue weighted by atomic mass is 19.1. The van der Waals surface area contributed by atoms with Crippen LogP contribution in [0.25, 0.3) is 5.69 Å². The van der Waals surface area contributed by atoms with E-state index in [0.29, 0.717) is 5.96 Å². The molecule has 0 amide bonds.